The van der Waals surface area contributed by atoms with Crippen LogP contribution in [0.4, 0.5) is 11.4 Å². The summed E-state index contributed by atoms with van der Waals surface area (Å²) in [6, 6.07) is 5.51. The molecule has 148 valence electrons. The fourth-order valence-electron chi connectivity index (χ4n) is 3.94. The fourth-order valence-corrected chi connectivity index (χ4v) is 3.94. The third kappa shape index (κ3) is 3.22. The summed E-state index contributed by atoms with van der Waals surface area (Å²) in [5.74, 6) is -0.733. The lowest BCUT2D eigenvalue weighted by molar-refractivity contribution is -0.384. The van der Waals surface area contributed by atoms with Crippen molar-refractivity contribution in [3.8, 4) is 0 Å². The first-order valence-electron chi connectivity index (χ1n) is 9.53. The van der Waals surface area contributed by atoms with E-state index in [0.29, 0.717) is 43.4 Å². The smallest absolute Gasteiger partial charge is 0.284 e. The minimum atomic E-state index is -0.506. The molecule has 0 saturated carbocycles. The van der Waals surface area contributed by atoms with E-state index in [1.807, 2.05) is 9.80 Å². The molecule has 0 spiro atoms. The molecule has 2 saturated heterocycles. The summed E-state index contributed by atoms with van der Waals surface area (Å²) in [5, 5.41) is 10.9. The van der Waals surface area contributed by atoms with Gasteiger partial charge in [-0.05, 0) is 31.4 Å². The molecule has 1 aromatic rings. The van der Waals surface area contributed by atoms with Gasteiger partial charge in [0.2, 0.25) is 0 Å². The molecule has 1 aromatic carbocycles. The van der Waals surface area contributed by atoms with E-state index in [0.717, 1.165) is 37.3 Å². The molecule has 28 heavy (non-hydrogen) atoms. The molecule has 0 aliphatic carbocycles. The molecule has 2 fully saturated rings. The highest BCUT2D eigenvalue weighted by Crippen LogP contribution is 2.33. The quantitative estimate of drug-likeness (QED) is 0.439. The third-order valence-corrected chi connectivity index (χ3v) is 5.35. The van der Waals surface area contributed by atoms with Crippen LogP contribution in [0.5, 0.6) is 0 Å². The summed E-state index contributed by atoms with van der Waals surface area (Å²) < 4.78 is 5.40. The lowest BCUT2D eigenvalue weighted by Gasteiger charge is -2.33. The standard InChI is InChI=1S/C19H22N4O5/c24-18-16(20-8-2-1-3-9-20)17(21-10-12-28-13-11-21)19(25)22(18)14-4-6-15(7-5-14)23(26)27/h4-7H,1-3,8-13H2. The SMILES string of the molecule is O=C1C(N2CCCCC2)=C(N2CCOCC2)C(=O)N1c1ccc([N+](=O)[O-])cc1. The number of carbonyl (C=O) groups is 2. The Balaban J connectivity index is 1.70. The van der Waals surface area contributed by atoms with Gasteiger partial charge in [-0.2, -0.15) is 0 Å². The fraction of sp³-hybridized carbons (Fsp3) is 0.474. The number of imide groups is 1. The van der Waals surface area contributed by atoms with Crippen LogP contribution >= 0.6 is 0 Å². The lowest BCUT2D eigenvalue weighted by Crippen LogP contribution is -2.40. The van der Waals surface area contributed by atoms with Crippen LogP contribution < -0.4 is 4.90 Å². The first-order valence-corrected chi connectivity index (χ1v) is 9.53. The largest absolute Gasteiger partial charge is 0.378 e. The van der Waals surface area contributed by atoms with E-state index in [1.54, 1.807) is 0 Å². The van der Waals surface area contributed by atoms with Gasteiger partial charge in [0.15, 0.2) is 0 Å². The second-order valence-electron chi connectivity index (χ2n) is 7.06. The zero-order chi connectivity index (χ0) is 19.7. The molecule has 0 bridgehead atoms. The molecular formula is C19H22N4O5. The van der Waals surface area contributed by atoms with Crippen molar-refractivity contribution in [1.29, 1.82) is 0 Å². The Morgan fingerprint density at radius 2 is 1.36 bits per heavy atom. The molecule has 3 heterocycles. The van der Waals surface area contributed by atoms with Crippen molar-refractivity contribution in [3.05, 3.63) is 45.8 Å². The van der Waals surface area contributed by atoms with Gasteiger partial charge >= 0.3 is 0 Å². The summed E-state index contributed by atoms with van der Waals surface area (Å²) in [7, 11) is 0. The number of amides is 2. The van der Waals surface area contributed by atoms with E-state index in [9.17, 15) is 19.7 Å². The van der Waals surface area contributed by atoms with E-state index in [-0.39, 0.29) is 17.5 Å². The van der Waals surface area contributed by atoms with Gasteiger partial charge in [-0.25, -0.2) is 4.90 Å². The third-order valence-electron chi connectivity index (χ3n) is 5.35. The van der Waals surface area contributed by atoms with Gasteiger partial charge in [0, 0.05) is 38.3 Å². The maximum atomic E-state index is 13.3. The number of hydrogen-bond acceptors (Lipinski definition) is 7. The van der Waals surface area contributed by atoms with Crippen LogP contribution in [0, 0.1) is 10.1 Å². The number of piperidine rings is 1. The van der Waals surface area contributed by atoms with Crippen LogP contribution in [0.1, 0.15) is 19.3 Å². The average Bonchev–Trinajstić information content (AvgIpc) is 2.99. The molecule has 0 unspecified atom stereocenters. The summed E-state index contributed by atoms with van der Waals surface area (Å²) in [6.07, 6.45) is 3.09. The van der Waals surface area contributed by atoms with Gasteiger partial charge in [0.1, 0.15) is 11.4 Å². The molecule has 3 aliphatic rings. The molecular weight excluding hydrogens is 364 g/mol. The minimum Gasteiger partial charge on any atom is -0.378 e. The Hall–Kier alpha value is -2.94. The van der Waals surface area contributed by atoms with Gasteiger partial charge in [-0.15, -0.1) is 0 Å². The Morgan fingerprint density at radius 1 is 0.821 bits per heavy atom. The number of carbonyl (C=O) groups excluding carboxylic acids is 2. The molecule has 0 aromatic heterocycles. The van der Waals surface area contributed by atoms with Crippen molar-refractivity contribution < 1.29 is 19.2 Å². The maximum Gasteiger partial charge on any atom is 0.284 e. The lowest BCUT2D eigenvalue weighted by atomic mass is 10.1. The number of ether oxygens (including phenoxy) is 1. The first-order chi connectivity index (χ1) is 13.6. The maximum absolute atomic E-state index is 13.3. The second kappa shape index (κ2) is 7.59. The van der Waals surface area contributed by atoms with Crippen molar-refractivity contribution in [1.82, 2.24) is 9.80 Å². The monoisotopic (exact) mass is 386 g/mol. The van der Waals surface area contributed by atoms with Gasteiger partial charge in [-0.1, -0.05) is 0 Å². The van der Waals surface area contributed by atoms with Crippen molar-refractivity contribution in [2.45, 2.75) is 19.3 Å². The predicted octanol–water partition coefficient (Wildman–Crippen LogP) is 1.50. The number of benzene rings is 1. The number of likely N-dealkylation sites (tertiary alicyclic amines) is 1. The minimum absolute atomic E-state index is 0.0829. The number of morpholine rings is 1. The summed E-state index contributed by atoms with van der Waals surface area (Å²) in [4.78, 5) is 42.1. The number of anilines is 1. The van der Waals surface area contributed by atoms with Crippen LogP contribution in [0.3, 0.4) is 0 Å². The molecule has 2 amide bonds. The predicted molar refractivity (Wildman–Crippen MR) is 100 cm³/mol. The topological polar surface area (TPSA) is 96.2 Å². The Morgan fingerprint density at radius 3 is 1.89 bits per heavy atom. The first kappa shape index (κ1) is 18.4. The van der Waals surface area contributed by atoms with Crippen LogP contribution in [-0.2, 0) is 14.3 Å². The highest BCUT2D eigenvalue weighted by molar-refractivity contribution is 6.32. The molecule has 9 heteroatoms. The van der Waals surface area contributed by atoms with Crippen LogP contribution in [0.25, 0.3) is 0 Å². The van der Waals surface area contributed by atoms with Gasteiger partial charge in [0.05, 0.1) is 23.8 Å². The van der Waals surface area contributed by atoms with Gasteiger partial charge in [-0.3, -0.25) is 19.7 Å². The number of rotatable bonds is 4. The van der Waals surface area contributed by atoms with Crippen molar-refractivity contribution in [2.24, 2.45) is 0 Å². The average molecular weight is 386 g/mol. The number of nitro benzene ring substituents is 1. The Labute approximate surface area is 162 Å². The zero-order valence-electron chi connectivity index (χ0n) is 15.5. The number of non-ortho nitro benzene ring substituents is 1. The number of nitrogens with zero attached hydrogens (tertiary/aromatic N) is 4. The Kier molecular flexibility index (Phi) is 4.99. The molecule has 0 N–H and O–H groups in total. The zero-order valence-corrected chi connectivity index (χ0v) is 15.5. The molecule has 4 rings (SSSR count). The number of nitro groups is 1. The van der Waals surface area contributed by atoms with Gasteiger partial charge in [0.25, 0.3) is 17.5 Å². The normalized spacial score (nSPS) is 20.9. The molecule has 0 radical (unpaired) electrons. The van der Waals surface area contributed by atoms with Crippen LogP contribution in [-0.4, -0.2) is 65.9 Å². The van der Waals surface area contributed by atoms with Crippen LogP contribution in [0.2, 0.25) is 0 Å². The highest BCUT2D eigenvalue weighted by atomic mass is 16.6. The van der Waals surface area contributed by atoms with Crippen molar-refractivity contribution in [2.75, 3.05) is 44.3 Å². The second-order valence-corrected chi connectivity index (χ2v) is 7.06. The van der Waals surface area contributed by atoms with E-state index in [2.05, 4.69) is 0 Å². The highest BCUT2D eigenvalue weighted by Gasteiger charge is 2.44. The Bertz CT molecular complexity index is 783. The van der Waals surface area contributed by atoms with E-state index in [4.69, 9.17) is 4.74 Å². The van der Waals surface area contributed by atoms with Crippen molar-refractivity contribution in [3.63, 3.8) is 0 Å². The molecule has 0 atom stereocenters. The summed E-state index contributed by atoms with van der Waals surface area (Å²) in [5.41, 5.74) is 1.14. The molecule has 9 nitrogen and oxygen atoms in total. The van der Waals surface area contributed by atoms with Crippen molar-refractivity contribution >= 4 is 23.2 Å². The number of hydrogen-bond donors (Lipinski definition) is 0. The summed E-state index contributed by atoms with van der Waals surface area (Å²) in [6.45, 7) is 3.62. The van der Waals surface area contributed by atoms with Gasteiger partial charge < -0.3 is 14.5 Å². The van der Waals surface area contributed by atoms with E-state index >= 15 is 0 Å². The van der Waals surface area contributed by atoms with E-state index in [1.165, 1.54) is 24.3 Å². The van der Waals surface area contributed by atoms with Crippen LogP contribution in [0.15, 0.2) is 35.7 Å². The van der Waals surface area contributed by atoms with E-state index < -0.39 is 4.92 Å². The molecule has 3 aliphatic heterocycles. The summed E-state index contributed by atoms with van der Waals surface area (Å²) >= 11 is 0.